The molecule has 0 aliphatic carbocycles. The van der Waals surface area contributed by atoms with Gasteiger partial charge in [-0.1, -0.05) is 72.8 Å². The van der Waals surface area contributed by atoms with Crippen molar-refractivity contribution < 1.29 is 14.2 Å². The van der Waals surface area contributed by atoms with Crippen LogP contribution in [0.25, 0.3) is 22.3 Å². The average Bonchev–Trinajstić information content (AvgIpc) is 2.64. The molecule has 0 aromatic heterocycles. The minimum Gasteiger partial charge on any atom is -0.394 e. The Morgan fingerprint density at radius 1 is 0.792 bits per heavy atom. The molecule has 3 aromatic rings. The van der Waals surface area contributed by atoms with E-state index in [0.717, 1.165) is 16.7 Å². The molecule has 0 unspecified atom stereocenters. The van der Waals surface area contributed by atoms with E-state index in [1.165, 1.54) is 0 Å². The monoisotopic (exact) mass is 322 g/mol. The summed E-state index contributed by atoms with van der Waals surface area (Å²) in [5.74, 6) is -0.277. The third kappa shape index (κ3) is 3.53. The normalized spacial score (nSPS) is 10.8. The van der Waals surface area contributed by atoms with Crippen molar-refractivity contribution >= 4 is 0 Å². The maximum Gasteiger partial charge on any atom is 0.137 e. The third-order valence-electron chi connectivity index (χ3n) is 3.86. The highest BCUT2D eigenvalue weighted by molar-refractivity contribution is 5.84. The predicted octanol–water partition coefficient (Wildman–Crippen LogP) is 4.67. The lowest BCUT2D eigenvalue weighted by atomic mass is 9.92. The molecule has 24 heavy (non-hydrogen) atoms. The highest BCUT2D eigenvalue weighted by atomic mass is 19.1. The van der Waals surface area contributed by atoms with Gasteiger partial charge in [-0.25, -0.2) is 4.39 Å². The van der Waals surface area contributed by atoms with Crippen LogP contribution in [0.4, 0.5) is 4.39 Å². The Labute approximate surface area is 141 Å². The van der Waals surface area contributed by atoms with Crippen molar-refractivity contribution in [2.45, 2.75) is 6.61 Å². The molecule has 0 amide bonds. The SMILES string of the molecule is OCCOCc1ccc(-c2ccccc2)c(-c2ccccc2)c1F. The Balaban J connectivity index is 2.11. The highest BCUT2D eigenvalue weighted by Gasteiger charge is 2.16. The van der Waals surface area contributed by atoms with Crippen molar-refractivity contribution in [1.82, 2.24) is 0 Å². The topological polar surface area (TPSA) is 29.5 Å². The Morgan fingerprint density at radius 3 is 2.04 bits per heavy atom. The van der Waals surface area contributed by atoms with Gasteiger partial charge in [0.2, 0.25) is 0 Å². The summed E-state index contributed by atoms with van der Waals surface area (Å²) in [7, 11) is 0. The average molecular weight is 322 g/mol. The first-order valence-electron chi connectivity index (χ1n) is 7.92. The summed E-state index contributed by atoms with van der Waals surface area (Å²) < 4.78 is 20.5. The van der Waals surface area contributed by atoms with E-state index in [1.807, 2.05) is 66.7 Å². The molecule has 3 heteroatoms. The van der Waals surface area contributed by atoms with Crippen LogP contribution in [0.3, 0.4) is 0 Å². The molecule has 0 aliphatic rings. The molecule has 0 saturated heterocycles. The van der Waals surface area contributed by atoms with Gasteiger partial charge in [-0.05, 0) is 16.7 Å². The molecule has 0 radical (unpaired) electrons. The van der Waals surface area contributed by atoms with Crippen molar-refractivity contribution in [3.8, 4) is 22.3 Å². The fourth-order valence-electron chi connectivity index (χ4n) is 2.72. The molecule has 3 rings (SSSR count). The molecule has 0 bridgehead atoms. The number of hydrogen-bond donors (Lipinski definition) is 1. The molecule has 0 aliphatic heterocycles. The van der Waals surface area contributed by atoms with E-state index >= 15 is 4.39 Å². The summed E-state index contributed by atoms with van der Waals surface area (Å²) in [5, 5.41) is 8.82. The van der Waals surface area contributed by atoms with Gasteiger partial charge >= 0.3 is 0 Å². The van der Waals surface area contributed by atoms with Crippen molar-refractivity contribution in [2.75, 3.05) is 13.2 Å². The van der Waals surface area contributed by atoms with Crippen molar-refractivity contribution in [2.24, 2.45) is 0 Å². The number of rotatable bonds is 6. The molecule has 0 fully saturated rings. The van der Waals surface area contributed by atoms with Gasteiger partial charge in [0.25, 0.3) is 0 Å². The van der Waals surface area contributed by atoms with Gasteiger partial charge in [-0.2, -0.15) is 0 Å². The number of hydrogen-bond acceptors (Lipinski definition) is 2. The first kappa shape index (κ1) is 16.4. The number of ether oxygens (including phenoxy) is 1. The highest BCUT2D eigenvalue weighted by Crippen LogP contribution is 2.35. The van der Waals surface area contributed by atoms with Gasteiger partial charge in [0.05, 0.1) is 19.8 Å². The van der Waals surface area contributed by atoms with Crippen LogP contribution in [0.1, 0.15) is 5.56 Å². The summed E-state index contributed by atoms with van der Waals surface area (Å²) in [6.07, 6.45) is 0. The van der Waals surface area contributed by atoms with Crippen LogP contribution in [0.2, 0.25) is 0 Å². The summed E-state index contributed by atoms with van der Waals surface area (Å²) in [5.41, 5.74) is 3.72. The largest absolute Gasteiger partial charge is 0.394 e. The van der Waals surface area contributed by atoms with Crippen LogP contribution >= 0.6 is 0 Å². The lowest BCUT2D eigenvalue weighted by Crippen LogP contribution is -2.03. The quantitative estimate of drug-likeness (QED) is 0.668. The Morgan fingerprint density at radius 2 is 1.42 bits per heavy atom. The molecule has 3 aromatic carbocycles. The number of aliphatic hydroxyl groups excluding tert-OH is 1. The smallest absolute Gasteiger partial charge is 0.137 e. The number of benzene rings is 3. The van der Waals surface area contributed by atoms with Crippen LogP contribution in [0.5, 0.6) is 0 Å². The zero-order valence-electron chi connectivity index (χ0n) is 13.3. The zero-order valence-corrected chi connectivity index (χ0v) is 13.3. The molecule has 0 spiro atoms. The fraction of sp³-hybridized carbons (Fsp3) is 0.143. The van der Waals surface area contributed by atoms with E-state index < -0.39 is 0 Å². The van der Waals surface area contributed by atoms with E-state index in [-0.39, 0.29) is 25.6 Å². The van der Waals surface area contributed by atoms with Gasteiger partial charge in [0, 0.05) is 11.1 Å². The van der Waals surface area contributed by atoms with E-state index in [2.05, 4.69) is 0 Å². The van der Waals surface area contributed by atoms with E-state index in [0.29, 0.717) is 11.1 Å². The Bertz CT molecular complexity index is 786. The molecule has 0 atom stereocenters. The molecule has 0 saturated carbocycles. The van der Waals surface area contributed by atoms with Crippen LogP contribution in [-0.2, 0) is 11.3 Å². The van der Waals surface area contributed by atoms with E-state index in [1.54, 1.807) is 6.07 Å². The second kappa shape index (κ2) is 7.86. The summed E-state index contributed by atoms with van der Waals surface area (Å²) in [6.45, 7) is 0.261. The number of aliphatic hydroxyl groups is 1. The minimum absolute atomic E-state index is 0.0741. The van der Waals surface area contributed by atoms with Gasteiger partial charge in [0.15, 0.2) is 0 Å². The second-order valence-corrected chi connectivity index (χ2v) is 5.47. The summed E-state index contributed by atoms with van der Waals surface area (Å²) in [4.78, 5) is 0. The predicted molar refractivity (Wildman–Crippen MR) is 94.0 cm³/mol. The summed E-state index contributed by atoms with van der Waals surface area (Å²) in [6, 6.07) is 23.0. The molecule has 1 N–H and O–H groups in total. The lowest BCUT2D eigenvalue weighted by molar-refractivity contribution is 0.0800. The van der Waals surface area contributed by atoms with Crippen LogP contribution in [0.15, 0.2) is 72.8 Å². The van der Waals surface area contributed by atoms with Crippen molar-refractivity contribution in [3.05, 3.63) is 84.2 Å². The second-order valence-electron chi connectivity index (χ2n) is 5.47. The maximum absolute atomic E-state index is 15.2. The van der Waals surface area contributed by atoms with Crippen LogP contribution in [0, 0.1) is 5.82 Å². The van der Waals surface area contributed by atoms with Gasteiger partial charge in [-0.15, -0.1) is 0 Å². The molecule has 0 heterocycles. The zero-order chi connectivity index (χ0) is 16.8. The first-order chi connectivity index (χ1) is 11.8. The third-order valence-corrected chi connectivity index (χ3v) is 3.86. The van der Waals surface area contributed by atoms with Gasteiger partial charge in [0.1, 0.15) is 5.82 Å². The van der Waals surface area contributed by atoms with E-state index in [9.17, 15) is 0 Å². The maximum atomic E-state index is 15.2. The molecular weight excluding hydrogens is 303 g/mol. The minimum atomic E-state index is -0.277. The molecule has 2 nitrogen and oxygen atoms in total. The van der Waals surface area contributed by atoms with E-state index in [4.69, 9.17) is 9.84 Å². The van der Waals surface area contributed by atoms with Crippen LogP contribution < -0.4 is 0 Å². The van der Waals surface area contributed by atoms with Crippen molar-refractivity contribution in [3.63, 3.8) is 0 Å². The Hall–Kier alpha value is -2.49. The molecule has 122 valence electrons. The standard InChI is InChI=1S/C21H19FO2/c22-21-18(15-24-14-13-23)11-12-19(16-7-3-1-4-8-16)20(21)17-9-5-2-6-10-17/h1-12,23H,13-15H2. The molecular formula is C21H19FO2. The summed E-state index contributed by atoms with van der Waals surface area (Å²) >= 11 is 0. The first-order valence-corrected chi connectivity index (χ1v) is 7.92. The number of halogens is 1. The van der Waals surface area contributed by atoms with Crippen LogP contribution in [-0.4, -0.2) is 18.3 Å². The van der Waals surface area contributed by atoms with Crippen molar-refractivity contribution in [1.29, 1.82) is 0 Å². The Kier molecular flexibility index (Phi) is 5.36. The lowest BCUT2D eigenvalue weighted by Gasteiger charge is -2.15. The van der Waals surface area contributed by atoms with Gasteiger partial charge < -0.3 is 9.84 Å². The fourth-order valence-corrected chi connectivity index (χ4v) is 2.72. The van der Waals surface area contributed by atoms with Gasteiger partial charge in [-0.3, -0.25) is 0 Å².